The van der Waals surface area contributed by atoms with E-state index in [4.69, 9.17) is 9.47 Å². The smallest absolute Gasteiger partial charge is 0.161 e. The van der Waals surface area contributed by atoms with Crippen LogP contribution in [0.1, 0.15) is 19.3 Å². The van der Waals surface area contributed by atoms with Gasteiger partial charge in [-0.25, -0.2) is 0 Å². The molecule has 3 nitrogen and oxygen atoms in total. The van der Waals surface area contributed by atoms with E-state index in [-0.39, 0.29) is 18.5 Å². The maximum absolute atomic E-state index is 11.0. The summed E-state index contributed by atoms with van der Waals surface area (Å²) < 4.78 is 10.0. The lowest BCUT2D eigenvalue weighted by Crippen LogP contribution is -2.15. The maximum atomic E-state index is 11.0. The van der Waals surface area contributed by atoms with Crippen LogP contribution in [0.3, 0.4) is 0 Å². The summed E-state index contributed by atoms with van der Waals surface area (Å²) in [7, 11) is 1.54. The molecule has 64 valence electrons. The lowest BCUT2D eigenvalue weighted by atomic mass is 10.1. The van der Waals surface area contributed by atoms with Crippen LogP contribution in [0, 0.1) is 0 Å². The lowest BCUT2D eigenvalue weighted by molar-refractivity contribution is -0.124. The number of methoxy groups -OCH3 is 1. The number of Topliss-reactive ketones (excluding diaryl/α,β-unsaturated/α-hetero) is 1. The SMILES string of the molecule is COCC(=O)CC1CCCO1. The molecule has 0 aromatic carbocycles. The number of carbonyl (C=O) groups is 1. The minimum atomic E-state index is 0.138. The van der Waals surface area contributed by atoms with Gasteiger partial charge in [0.25, 0.3) is 0 Å². The highest BCUT2D eigenvalue weighted by molar-refractivity contribution is 5.80. The normalized spacial score (nSPS) is 23.9. The van der Waals surface area contributed by atoms with Gasteiger partial charge in [0, 0.05) is 20.1 Å². The van der Waals surface area contributed by atoms with E-state index in [0.29, 0.717) is 6.42 Å². The molecule has 1 rings (SSSR count). The zero-order valence-corrected chi connectivity index (χ0v) is 6.84. The van der Waals surface area contributed by atoms with Gasteiger partial charge in [0.15, 0.2) is 5.78 Å². The molecule has 0 bridgehead atoms. The molecule has 0 spiro atoms. The second-order valence-corrected chi connectivity index (χ2v) is 2.81. The van der Waals surface area contributed by atoms with E-state index >= 15 is 0 Å². The van der Waals surface area contributed by atoms with E-state index in [9.17, 15) is 4.79 Å². The van der Waals surface area contributed by atoms with Crippen LogP contribution in [-0.4, -0.2) is 32.2 Å². The Kier molecular flexibility index (Phi) is 3.52. The summed E-state index contributed by atoms with van der Waals surface area (Å²) in [5, 5.41) is 0. The minimum Gasteiger partial charge on any atom is -0.378 e. The molecule has 1 heterocycles. The van der Waals surface area contributed by atoms with Gasteiger partial charge in [0.1, 0.15) is 6.61 Å². The number of carbonyl (C=O) groups excluding carboxylic acids is 1. The molecular formula is C8H14O3. The van der Waals surface area contributed by atoms with E-state index in [2.05, 4.69) is 0 Å². The Balaban J connectivity index is 2.13. The van der Waals surface area contributed by atoms with Crippen LogP contribution in [0.2, 0.25) is 0 Å². The quantitative estimate of drug-likeness (QED) is 0.606. The molecule has 0 amide bonds. The van der Waals surface area contributed by atoms with Crippen LogP contribution in [-0.2, 0) is 14.3 Å². The van der Waals surface area contributed by atoms with Crippen molar-refractivity contribution in [1.82, 2.24) is 0 Å². The Morgan fingerprint density at radius 1 is 1.73 bits per heavy atom. The summed E-state index contributed by atoms with van der Waals surface area (Å²) in [6, 6.07) is 0. The van der Waals surface area contributed by atoms with Gasteiger partial charge in [0.2, 0.25) is 0 Å². The Hall–Kier alpha value is -0.410. The van der Waals surface area contributed by atoms with Crippen LogP contribution < -0.4 is 0 Å². The predicted molar refractivity (Wildman–Crippen MR) is 40.5 cm³/mol. The molecule has 0 aliphatic carbocycles. The highest BCUT2D eigenvalue weighted by Crippen LogP contribution is 2.15. The van der Waals surface area contributed by atoms with Crippen molar-refractivity contribution in [3.8, 4) is 0 Å². The van der Waals surface area contributed by atoms with Gasteiger partial charge in [-0.15, -0.1) is 0 Å². The molecule has 3 heteroatoms. The van der Waals surface area contributed by atoms with Crippen molar-refractivity contribution in [3.63, 3.8) is 0 Å². The fourth-order valence-electron chi connectivity index (χ4n) is 1.28. The fourth-order valence-corrected chi connectivity index (χ4v) is 1.28. The van der Waals surface area contributed by atoms with Crippen LogP contribution in [0.25, 0.3) is 0 Å². The molecule has 11 heavy (non-hydrogen) atoms. The molecule has 0 N–H and O–H groups in total. The summed E-state index contributed by atoms with van der Waals surface area (Å²) in [5.41, 5.74) is 0. The van der Waals surface area contributed by atoms with Gasteiger partial charge in [-0.3, -0.25) is 4.79 Å². The van der Waals surface area contributed by atoms with Crippen LogP contribution in [0.4, 0.5) is 0 Å². The van der Waals surface area contributed by atoms with E-state index in [0.717, 1.165) is 19.4 Å². The predicted octanol–water partition coefficient (Wildman–Crippen LogP) is 0.771. The molecule has 1 aliphatic rings. The first-order valence-corrected chi connectivity index (χ1v) is 3.95. The summed E-state index contributed by atoms with van der Waals surface area (Å²) in [4.78, 5) is 11.0. The summed E-state index contributed by atoms with van der Waals surface area (Å²) in [6.45, 7) is 1.03. The highest BCUT2D eigenvalue weighted by atomic mass is 16.5. The zero-order chi connectivity index (χ0) is 8.10. The van der Waals surface area contributed by atoms with Crippen molar-refractivity contribution in [3.05, 3.63) is 0 Å². The number of hydrogen-bond acceptors (Lipinski definition) is 3. The second-order valence-electron chi connectivity index (χ2n) is 2.81. The number of hydrogen-bond donors (Lipinski definition) is 0. The van der Waals surface area contributed by atoms with Crippen molar-refractivity contribution < 1.29 is 14.3 Å². The highest BCUT2D eigenvalue weighted by Gasteiger charge is 2.18. The largest absolute Gasteiger partial charge is 0.378 e. The van der Waals surface area contributed by atoms with Crippen LogP contribution in [0.15, 0.2) is 0 Å². The van der Waals surface area contributed by atoms with Crippen LogP contribution in [0.5, 0.6) is 0 Å². The van der Waals surface area contributed by atoms with Gasteiger partial charge >= 0.3 is 0 Å². The Morgan fingerprint density at radius 2 is 2.55 bits per heavy atom. The third kappa shape index (κ3) is 2.99. The monoisotopic (exact) mass is 158 g/mol. The third-order valence-corrected chi connectivity index (χ3v) is 1.78. The first-order chi connectivity index (χ1) is 5.33. The Labute approximate surface area is 66.7 Å². The molecule has 1 fully saturated rings. The average Bonchev–Trinajstić information content (AvgIpc) is 2.40. The zero-order valence-electron chi connectivity index (χ0n) is 6.84. The molecule has 1 saturated heterocycles. The molecule has 0 aromatic heterocycles. The average molecular weight is 158 g/mol. The lowest BCUT2D eigenvalue weighted by Gasteiger charge is -2.06. The van der Waals surface area contributed by atoms with Gasteiger partial charge in [-0.05, 0) is 12.8 Å². The number of ether oxygens (including phenoxy) is 2. The second kappa shape index (κ2) is 4.46. The van der Waals surface area contributed by atoms with Crippen molar-refractivity contribution >= 4 is 5.78 Å². The molecule has 1 atom stereocenters. The summed E-state index contributed by atoms with van der Waals surface area (Å²) in [5.74, 6) is 0.138. The Morgan fingerprint density at radius 3 is 3.09 bits per heavy atom. The minimum absolute atomic E-state index is 0.138. The van der Waals surface area contributed by atoms with Gasteiger partial charge < -0.3 is 9.47 Å². The van der Waals surface area contributed by atoms with Gasteiger partial charge in [0.05, 0.1) is 6.10 Å². The third-order valence-electron chi connectivity index (χ3n) is 1.78. The first kappa shape index (κ1) is 8.68. The summed E-state index contributed by atoms with van der Waals surface area (Å²) in [6.07, 6.45) is 2.80. The molecule has 0 saturated carbocycles. The van der Waals surface area contributed by atoms with Crippen molar-refractivity contribution in [1.29, 1.82) is 0 Å². The topological polar surface area (TPSA) is 35.5 Å². The molecule has 0 radical (unpaired) electrons. The number of ketones is 1. The van der Waals surface area contributed by atoms with Crippen LogP contribution >= 0.6 is 0 Å². The van der Waals surface area contributed by atoms with Crippen molar-refractivity contribution in [2.75, 3.05) is 20.3 Å². The van der Waals surface area contributed by atoms with E-state index in [1.807, 2.05) is 0 Å². The molecule has 1 unspecified atom stereocenters. The van der Waals surface area contributed by atoms with Gasteiger partial charge in [-0.1, -0.05) is 0 Å². The van der Waals surface area contributed by atoms with Crippen molar-refractivity contribution in [2.45, 2.75) is 25.4 Å². The summed E-state index contributed by atoms with van der Waals surface area (Å²) >= 11 is 0. The first-order valence-electron chi connectivity index (χ1n) is 3.95. The maximum Gasteiger partial charge on any atom is 0.161 e. The van der Waals surface area contributed by atoms with E-state index in [1.54, 1.807) is 0 Å². The van der Waals surface area contributed by atoms with Gasteiger partial charge in [-0.2, -0.15) is 0 Å². The molecule has 1 aliphatic heterocycles. The van der Waals surface area contributed by atoms with Crippen molar-refractivity contribution in [2.24, 2.45) is 0 Å². The van der Waals surface area contributed by atoms with E-state index < -0.39 is 0 Å². The fraction of sp³-hybridized carbons (Fsp3) is 0.875. The molecule has 0 aromatic rings. The Bertz CT molecular complexity index is 127. The van der Waals surface area contributed by atoms with E-state index in [1.165, 1.54) is 7.11 Å². The standard InChI is InChI=1S/C8H14O3/c1-10-6-7(9)5-8-3-2-4-11-8/h8H,2-6H2,1H3. The number of rotatable bonds is 4. The molecular weight excluding hydrogens is 144 g/mol.